The van der Waals surface area contributed by atoms with E-state index in [1.165, 1.54) is 140 Å². The predicted octanol–water partition coefficient (Wildman–Crippen LogP) is 10.3. The quantitative estimate of drug-likeness (QED) is 0.0295. The molecule has 7 N–H and O–H groups in total. The Morgan fingerprint density at radius 3 is 1.36 bits per heavy atom. The Hall–Kier alpha value is -1.40. The molecule has 0 aromatic carbocycles. The van der Waals surface area contributed by atoms with Gasteiger partial charge in [0.05, 0.1) is 6.04 Å². The number of thioether (sulfide) groups is 1. The summed E-state index contributed by atoms with van der Waals surface area (Å²) < 4.78 is 11.4. The minimum absolute atomic E-state index is 0.0356. The number of carbonyl (C=O) groups excluding carboxylic acids is 3. The van der Waals surface area contributed by atoms with E-state index >= 15 is 0 Å². The summed E-state index contributed by atoms with van der Waals surface area (Å²) in [6.45, 7) is 9.65. The fraction of sp³-hybridized carbons (Fsp3) is 0.938. The first-order chi connectivity index (χ1) is 28.9. The smallest absolute Gasteiger partial charge is 0.306 e. The lowest BCUT2D eigenvalue weighted by Gasteiger charge is -2.19. The summed E-state index contributed by atoms with van der Waals surface area (Å²) in [6.07, 6.45) is 36.9. The van der Waals surface area contributed by atoms with E-state index < -0.39 is 12.1 Å². The Labute approximate surface area is 368 Å². The van der Waals surface area contributed by atoms with Gasteiger partial charge in [-0.1, -0.05) is 168 Å². The van der Waals surface area contributed by atoms with Crippen LogP contribution in [0.5, 0.6) is 0 Å². The third kappa shape index (κ3) is 44.5. The van der Waals surface area contributed by atoms with Crippen LogP contribution in [0, 0.1) is 0 Å². The van der Waals surface area contributed by atoms with Gasteiger partial charge in [0.2, 0.25) is 5.91 Å². The largest absolute Gasteiger partial charge is 0.462 e. The van der Waals surface area contributed by atoms with Gasteiger partial charge in [-0.15, -0.1) is 0 Å². The summed E-state index contributed by atoms with van der Waals surface area (Å²) >= 11 is 1.46. The molecule has 1 amide bonds. The fourth-order valence-corrected chi connectivity index (χ4v) is 8.10. The van der Waals surface area contributed by atoms with Crippen LogP contribution >= 0.6 is 11.8 Å². The average Bonchev–Trinajstić information content (AvgIpc) is 3.23. The molecule has 0 rings (SSSR count). The predicted molar refractivity (Wildman–Crippen MR) is 253 cm³/mol. The molecule has 0 aliphatic heterocycles. The lowest BCUT2D eigenvalue weighted by molar-refractivity contribution is -0.157. The Kier molecular flexibility index (Phi) is 46.5. The van der Waals surface area contributed by atoms with Gasteiger partial charge >= 0.3 is 11.9 Å². The first kappa shape index (κ1) is 57.6. The molecule has 0 bridgehead atoms. The number of hydrogen-bond acceptors (Lipinski definition) is 10. The number of nitrogens with two attached hydrogens (primary N) is 2. The van der Waals surface area contributed by atoms with Crippen molar-refractivity contribution in [3.8, 4) is 0 Å². The number of hydrogen-bond donors (Lipinski definition) is 5. The number of carbonyl (C=O) groups is 3. The molecule has 0 saturated heterocycles. The molecule has 2 atom stereocenters. The average molecular weight is 856 g/mol. The zero-order valence-electron chi connectivity index (χ0n) is 38.8. The van der Waals surface area contributed by atoms with Gasteiger partial charge in [0, 0.05) is 30.9 Å². The fourth-order valence-electron chi connectivity index (χ4n) is 7.13. The van der Waals surface area contributed by atoms with Gasteiger partial charge in [-0.05, 0) is 71.2 Å². The number of ether oxygens (including phenoxy) is 2. The van der Waals surface area contributed by atoms with Crippen molar-refractivity contribution in [1.29, 1.82) is 0 Å². The minimum atomic E-state index is -0.667. The Balaban J connectivity index is 4.40. The van der Waals surface area contributed by atoms with Crippen LogP contribution in [0.2, 0.25) is 0 Å². The molecular formula is C48H97N5O5S. The third-order valence-electron chi connectivity index (χ3n) is 11.0. The zero-order valence-corrected chi connectivity index (χ0v) is 39.6. The Morgan fingerprint density at radius 1 is 0.492 bits per heavy atom. The summed E-state index contributed by atoms with van der Waals surface area (Å²) in [6, 6.07) is -0.667. The molecule has 0 saturated carbocycles. The van der Waals surface area contributed by atoms with Crippen LogP contribution in [-0.4, -0.2) is 87.4 Å². The topological polar surface area (TPSA) is 158 Å². The van der Waals surface area contributed by atoms with Crippen LogP contribution in [0.3, 0.4) is 0 Å². The second kappa shape index (κ2) is 47.6. The van der Waals surface area contributed by atoms with E-state index in [2.05, 4.69) is 29.8 Å². The van der Waals surface area contributed by atoms with Gasteiger partial charge in [-0.25, -0.2) is 0 Å². The van der Waals surface area contributed by atoms with Gasteiger partial charge in [-0.3, -0.25) is 14.4 Å². The normalized spacial score (nSPS) is 12.4. The second-order valence-electron chi connectivity index (χ2n) is 16.9. The van der Waals surface area contributed by atoms with Crippen molar-refractivity contribution < 1.29 is 23.9 Å². The van der Waals surface area contributed by atoms with Crippen molar-refractivity contribution in [1.82, 2.24) is 16.0 Å². The molecule has 0 aliphatic carbocycles. The van der Waals surface area contributed by atoms with E-state index in [1.54, 1.807) is 0 Å². The first-order valence-corrected chi connectivity index (χ1v) is 26.2. The van der Waals surface area contributed by atoms with E-state index in [-0.39, 0.29) is 24.5 Å². The van der Waals surface area contributed by atoms with E-state index in [1.807, 2.05) is 0 Å². The molecule has 0 aromatic rings. The van der Waals surface area contributed by atoms with Gasteiger partial charge in [0.25, 0.3) is 0 Å². The molecule has 0 spiro atoms. The summed E-state index contributed by atoms with van der Waals surface area (Å²) in [5, 5.41) is 9.76. The zero-order chi connectivity index (χ0) is 43.1. The highest BCUT2D eigenvalue weighted by Crippen LogP contribution is 2.16. The molecule has 350 valence electrons. The number of unbranched alkanes of at least 4 members (excludes halogenated alkanes) is 25. The monoisotopic (exact) mass is 856 g/mol. The van der Waals surface area contributed by atoms with Crippen LogP contribution in [0.4, 0.5) is 0 Å². The minimum Gasteiger partial charge on any atom is -0.462 e. The SMILES string of the molecule is CCCCCCCCCCCCCCCC(=O)OCC(CSCC(N)C(=O)NCCCNCCCCNCCCN)OC(=O)CCCCCCCCCCCCCCC. The molecule has 0 heterocycles. The van der Waals surface area contributed by atoms with Crippen molar-refractivity contribution in [2.75, 3.05) is 57.4 Å². The third-order valence-corrected chi connectivity index (χ3v) is 12.2. The highest BCUT2D eigenvalue weighted by Gasteiger charge is 2.20. The highest BCUT2D eigenvalue weighted by atomic mass is 32.2. The molecule has 11 heteroatoms. The van der Waals surface area contributed by atoms with Crippen molar-refractivity contribution >= 4 is 29.6 Å². The lowest BCUT2D eigenvalue weighted by Crippen LogP contribution is -2.43. The second-order valence-corrected chi connectivity index (χ2v) is 18.0. The standard InChI is InChI=1S/C48H97N5O5S/c1-3-5-7-9-11-13-15-17-19-21-23-25-27-33-46(54)57-41-44(58-47(55)34-28-26-24-22-20-18-16-14-12-10-8-6-4-2)42-59-43-45(50)48(56)53-40-32-39-52-37-30-29-36-51-38-31-35-49/h44-45,51-52H,3-43,49-50H2,1-2H3,(H,53,56). The lowest BCUT2D eigenvalue weighted by atomic mass is 10.0. The number of amides is 1. The van der Waals surface area contributed by atoms with E-state index in [9.17, 15) is 14.4 Å². The maximum Gasteiger partial charge on any atom is 0.306 e. The van der Waals surface area contributed by atoms with Gasteiger partial charge in [-0.2, -0.15) is 11.8 Å². The molecule has 0 fully saturated rings. The Bertz CT molecular complexity index is 917. The van der Waals surface area contributed by atoms with Crippen LogP contribution < -0.4 is 27.4 Å². The van der Waals surface area contributed by atoms with Gasteiger partial charge in [0.15, 0.2) is 0 Å². The first-order valence-electron chi connectivity index (χ1n) is 25.0. The van der Waals surface area contributed by atoms with Crippen molar-refractivity contribution in [3.05, 3.63) is 0 Å². The Morgan fingerprint density at radius 2 is 0.898 bits per heavy atom. The van der Waals surface area contributed by atoms with Crippen LogP contribution in [0.15, 0.2) is 0 Å². The van der Waals surface area contributed by atoms with E-state index in [4.69, 9.17) is 20.9 Å². The maximum absolute atomic E-state index is 12.8. The van der Waals surface area contributed by atoms with Gasteiger partial charge < -0.3 is 36.9 Å². The van der Waals surface area contributed by atoms with Crippen molar-refractivity contribution in [2.24, 2.45) is 11.5 Å². The highest BCUT2D eigenvalue weighted by molar-refractivity contribution is 7.99. The van der Waals surface area contributed by atoms with Gasteiger partial charge in [0.1, 0.15) is 12.7 Å². The molecule has 0 radical (unpaired) electrons. The molecular weight excluding hydrogens is 759 g/mol. The van der Waals surface area contributed by atoms with Crippen LogP contribution in [-0.2, 0) is 23.9 Å². The molecule has 59 heavy (non-hydrogen) atoms. The molecule has 0 aromatic heterocycles. The van der Waals surface area contributed by atoms with Crippen molar-refractivity contribution in [2.45, 2.75) is 231 Å². The summed E-state index contributed by atoms with van der Waals surface area (Å²) in [4.78, 5) is 38.1. The van der Waals surface area contributed by atoms with E-state index in [0.717, 1.165) is 96.9 Å². The molecule has 0 aliphatic rings. The summed E-state index contributed by atoms with van der Waals surface area (Å²) in [5.41, 5.74) is 11.7. The van der Waals surface area contributed by atoms with Crippen LogP contribution in [0.25, 0.3) is 0 Å². The summed E-state index contributed by atoms with van der Waals surface area (Å²) in [5.74, 6) is 0.145. The van der Waals surface area contributed by atoms with E-state index in [0.29, 0.717) is 30.9 Å². The molecule has 10 nitrogen and oxygen atoms in total. The summed E-state index contributed by atoms with van der Waals surface area (Å²) in [7, 11) is 0. The molecule has 2 unspecified atom stereocenters. The number of esters is 2. The van der Waals surface area contributed by atoms with Crippen molar-refractivity contribution in [3.63, 3.8) is 0 Å². The number of nitrogens with one attached hydrogen (secondary N) is 3. The number of rotatable bonds is 48. The van der Waals surface area contributed by atoms with Crippen LogP contribution in [0.1, 0.15) is 219 Å². The maximum atomic E-state index is 12.8.